The van der Waals surface area contributed by atoms with E-state index < -0.39 is 0 Å². The topological polar surface area (TPSA) is 49.4 Å². The smallest absolute Gasteiger partial charge is 0.236 e. The molecule has 0 saturated carbocycles. The highest BCUT2D eigenvalue weighted by atomic mass is 79.9. The maximum atomic E-state index is 11.7. The van der Waals surface area contributed by atoms with Crippen LogP contribution in [-0.4, -0.2) is 41.7 Å². The van der Waals surface area contributed by atoms with Crippen LogP contribution in [0.2, 0.25) is 0 Å². The van der Waals surface area contributed by atoms with Crippen molar-refractivity contribution in [2.24, 2.45) is 5.92 Å². The zero-order valence-corrected chi connectivity index (χ0v) is 10.7. The highest BCUT2D eigenvalue weighted by Gasteiger charge is 2.28. The number of carbonyl (C=O) groups excluding carboxylic acids is 2. The number of alkyl halides is 1. The minimum Gasteiger partial charge on any atom is -0.359 e. The van der Waals surface area contributed by atoms with Crippen LogP contribution >= 0.6 is 15.9 Å². The number of hydrogen-bond donors (Lipinski definition) is 1. The van der Waals surface area contributed by atoms with Gasteiger partial charge >= 0.3 is 0 Å². The van der Waals surface area contributed by atoms with Gasteiger partial charge in [0.15, 0.2) is 0 Å². The molecule has 1 aliphatic rings. The summed E-state index contributed by atoms with van der Waals surface area (Å²) in [4.78, 5) is 24.7. The van der Waals surface area contributed by atoms with Gasteiger partial charge in [-0.15, -0.1) is 0 Å². The lowest BCUT2D eigenvalue weighted by molar-refractivity contribution is -0.134. The van der Waals surface area contributed by atoms with Gasteiger partial charge in [-0.25, -0.2) is 0 Å². The lowest BCUT2D eigenvalue weighted by atomic mass is 9.97. The van der Waals surface area contributed by atoms with E-state index in [1.165, 1.54) is 0 Å². The zero-order valence-electron chi connectivity index (χ0n) is 9.12. The highest BCUT2D eigenvalue weighted by Crippen LogP contribution is 2.18. The molecule has 0 aromatic heterocycles. The first-order valence-electron chi connectivity index (χ1n) is 5.20. The number of likely N-dealkylation sites (tertiary alicyclic amines) is 1. The second-order valence-electron chi connectivity index (χ2n) is 3.85. The Morgan fingerprint density at radius 1 is 1.53 bits per heavy atom. The van der Waals surface area contributed by atoms with Crippen LogP contribution in [0, 0.1) is 5.92 Å². The molecular formula is C10H17BrN2O2. The summed E-state index contributed by atoms with van der Waals surface area (Å²) in [6, 6.07) is 0. The normalized spacial score (nSPS) is 23.4. The summed E-state index contributed by atoms with van der Waals surface area (Å²) in [6.45, 7) is 3.13. The third-order valence-electron chi connectivity index (χ3n) is 2.69. The first-order chi connectivity index (χ1) is 7.06. The van der Waals surface area contributed by atoms with Crippen LogP contribution in [0.1, 0.15) is 19.8 Å². The molecule has 1 aliphatic heterocycles. The van der Waals surface area contributed by atoms with Crippen molar-refractivity contribution in [3.63, 3.8) is 0 Å². The summed E-state index contributed by atoms with van der Waals surface area (Å²) in [6.07, 6.45) is 1.78. The van der Waals surface area contributed by atoms with E-state index in [9.17, 15) is 9.59 Å². The van der Waals surface area contributed by atoms with Gasteiger partial charge in [0.05, 0.1) is 10.7 Å². The maximum Gasteiger partial charge on any atom is 0.236 e. The molecule has 1 N–H and O–H groups in total. The third-order valence-corrected chi connectivity index (χ3v) is 3.08. The molecule has 0 radical (unpaired) electrons. The van der Waals surface area contributed by atoms with Crippen LogP contribution in [-0.2, 0) is 9.59 Å². The fourth-order valence-corrected chi connectivity index (χ4v) is 2.14. The van der Waals surface area contributed by atoms with Crippen molar-refractivity contribution in [1.82, 2.24) is 10.2 Å². The summed E-state index contributed by atoms with van der Waals surface area (Å²) in [5.74, 6) is 0.0669. The summed E-state index contributed by atoms with van der Waals surface area (Å²) >= 11 is 3.26. The van der Waals surface area contributed by atoms with E-state index in [0.29, 0.717) is 6.54 Å². The van der Waals surface area contributed by atoms with E-state index in [4.69, 9.17) is 0 Å². The number of carbonyl (C=O) groups is 2. The fourth-order valence-electron chi connectivity index (χ4n) is 1.85. The van der Waals surface area contributed by atoms with Crippen molar-refractivity contribution in [2.45, 2.75) is 24.6 Å². The van der Waals surface area contributed by atoms with Gasteiger partial charge in [-0.1, -0.05) is 15.9 Å². The second kappa shape index (κ2) is 5.49. The van der Waals surface area contributed by atoms with Gasteiger partial charge in [-0.2, -0.15) is 0 Å². The van der Waals surface area contributed by atoms with Crippen LogP contribution < -0.4 is 5.32 Å². The molecule has 0 bridgehead atoms. The minimum atomic E-state index is -0.166. The minimum absolute atomic E-state index is 0.0368. The quantitative estimate of drug-likeness (QED) is 0.757. The van der Waals surface area contributed by atoms with Gasteiger partial charge in [0, 0.05) is 20.1 Å². The Morgan fingerprint density at radius 2 is 2.20 bits per heavy atom. The molecule has 1 rings (SSSR count). The molecule has 86 valence electrons. The Kier molecular flexibility index (Phi) is 4.57. The molecule has 2 amide bonds. The van der Waals surface area contributed by atoms with Gasteiger partial charge in [0.2, 0.25) is 11.8 Å². The summed E-state index contributed by atoms with van der Waals surface area (Å²) in [5.41, 5.74) is 0. The van der Waals surface area contributed by atoms with E-state index in [2.05, 4.69) is 21.2 Å². The van der Waals surface area contributed by atoms with Gasteiger partial charge < -0.3 is 10.2 Å². The van der Waals surface area contributed by atoms with Crippen LogP contribution in [0.3, 0.4) is 0 Å². The van der Waals surface area contributed by atoms with Gasteiger partial charge in [0.25, 0.3) is 0 Å². The van der Waals surface area contributed by atoms with Gasteiger partial charge in [0.1, 0.15) is 0 Å². The van der Waals surface area contributed by atoms with E-state index in [1.807, 2.05) is 6.92 Å². The van der Waals surface area contributed by atoms with Crippen LogP contribution in [0.4, 0.5) is 0 Å². The fraction of sp³-hybridized carbons (Fsp3) is 0.800. The average molecular weight is 277 g/mol. The molecule has 1 fully saturated rings. The number of halogens is 1. The molecule has 15 heavy (non-hydrogen) atoms. The van der Waals surface area contributed by atoms with Crippen molar-refractivity contribution in [3.05, 3.63) is 0 Å². The van der Waals surface area contributed by atoms with Crippen molar-refractivity contribution < 1.29 is 9.59 Å². The van der Waals surface area contributed by atoms with Crippen molar-refractivity contribution in [1.29, 1.82) is 0 Å². The number of nitrogens with one attached hydrogen (secondary N) is 1. The third kappa shape index (κ3) is 3.19. The van der Waals surface area contributed by atoms with E-state index in [0.717, 1.165) is 19.4 Å². The predicted octanol–water partition coefficient (Wildman–Crippen LogP) is 0.754. The Hall–Kier alpha value is -0.580. The first-order valence-corrected chi connectivity index (χ1v) is 6.12. The summed E-state index contributed by atoms with van der Waals surface area (Å²) < 4.78 is 0. The van der Waals surface area contributed by atoms with Crippen molar-refractivity contribution >= 4 is 27.7 Å². The molecule has 1 heterocycles. The Labute approximate surface area is 98.5 Å². The zero-order chi connectivity index (χ0) is 11.4. The Balaban J connectivity index is 2.56. The number of amides is 2. The van der Waals surface area contributed by atoms with E-state index in [-0.39, 0.29) is 22.6 Å². The molecule has 4 nitrogen and oxygen atoms in total. The number of nitrogens with zero attached hydrogens (tertiary/aromatic N) is 1. The van der Waals surface area contributed by atoms with E-state index >= 15 is 0 Å². The number of hydrogen-bond acceptors (Lipinski definition) is 2. The average Bonchev–Trinajstić information content (AvgIpc) is 2.27. The van der Waals surface area contributed by atoms with E-state index in [1.54, 1.807) is 11.9 Å². The van der Waals surface area contributed by atoms with Crippen LogP contribution in [0.5, 0.6) is 0 Å². The lowest BCUT2D eigenvalue weighted by Gasteiger charge is -2.32. The molecule has 0 aromatic rings. The summed E-state index contributed by atoms with van der Waals surface area (Å²) in [5, 5.41) is 2.63. The SMILES string of the molecule is CNC(=O)[C@@H]1CCCN(C(=O)[C@H](C)Br)C1. The molecule has 0 unspecified atom stereocenters. The van der Waals surface area contributed by atoms with Gasteiger partial charge in [-0.05, 0) is 19.8 Å². The maximum absolute atomic E-state index is 11.7. The molecule has 0 aliphatic carbocycles. The number of rotatable bonds is 2. The van der Waals surface area contributed by atoms with Crippen LogP contribution in [0.25, 0.3) is 0 Å². The monoisotopic (exact) mass is 276 g/mol. The molecular weight excluding hydrogens is 260 g/mol. The van der Waals surface area contributed by atoms with Crippen molar-refractivity contribution in [2.75, 3.05) is 20.1 Å². The Bertz CT molecular complexity index is 256. The standard InChI is InChI=1S/C10H17BrN2O2/c1-7(11)10(15)13-5-3-4-8(6-13)9(14)12-2/h7-8H,3-6H2,1-2H3,(H,12,14)/t7-,8+/m0/s1. The first kappa shape index (κ1) is 12.5. The lowest BCUT2D eigenvalue weighted by Crippen LogP contribution is -2.46. The summed E-state index contributed by atoms with van der Waals surface area (Å²) in [7, 11) is 1.64. The predicted molar refractivity (Wildman–Crippen MR) is 61.8 cm³/mol. The molecule has 5 heteroatoms. The largest absolute Gasteiger partial charge is 0.359 e. The molecule has 1 saturated heterocycles. The van der Waals surface area contributed by atoms with Gasteiger partial charge in [-0.3, -0.25) is 9.59 Å². The number of piperidine rings is 1. The molecule has 0 aromatic carbocycles. The molecule has 2 atom stereocenters. The second-order valence-corrected chi connectivity index (χ2v) is 5.23. The Morgan fingerprint density at radius 3 is 2.73 bits per heavy atom. The molecule has 0 spiro atoms. The van der Waals surface area contributed by atoms with Crippen LogP contribution in [0.15, 0.2) is 0 Å². The van der Waals surface area contributed by atoms with Crippen molar-refractivity contribution in [3.8, 4) is 0 Å². The highest BCUT2D eigenvalue weighted by molar-refractivity contribution is 9.10.